The molecule has 0 spiro atoms. The Bertz CT molecular complexity index is 752. The van der Waals surface area contributed by atoms with E-state index in [1.807, 2.05) is 0 Å². The summed E-state index contributed by atoms with van der Waals surface area (Å²) in [5.41, 5.74) is 0.964. The molecule has 3 rings (SSSR count). The number of hydrogen-bond donors (Lipinski definition) is 2. The maximum Gasteiger partial charge on any atom is 0.270 e. The molecule has 1 fully saturated rings. The quantitative estimate of drug-likeness (QED) is 0.794. The lowest BCUT2D eigenvalue weighted by molar-refractivity contribution is 0.0946. The molecule has 8 heteroatoms. The van der Waals surface area contributed by atoms with Gasteiger partial charge in [-0.25, -0.2) is 9.97 Å². The highest BCUT2D eigenvalue weighted by atomic mass is 16.5. The molecule has 1 saturated carbocycles. The molecule has 1 aromatic heterocycles. The van der Waals surface area contributed by atoms with Crippen LogP contribution in [0.4, 0.5) is 11.6 Å². The first-order valence-electron chi connectivity index (χ1n) is 7.85. The van der Waals surface area contributed by atoms with Gasteiger partial charge in [-0.2, -0.15) is 0 Å². The highest BCUT2D eigenvalue weighted by molar-refractivity contribution is 5.92. The summed E-state index contributed by atoms with van der Waals surface area (Å²) in [5.74, 6) is 1.61. The Morgan fingerprint density at radius 2 is 1.80 bits per heavy atom. The van der Waals surface area contributed by atoms with Gasteiger partial charge in [0.15, 0.2) is 11.5 Å². The van der Waals surface area contributed by atoms with Crippen molar-refractivity contribution in [3.8, 4) is 17.2 Å². The number of benzene rings is 1. The molecule has 0 bridgehead atoms. The molecule has 25 heavy (non-hydrogen) atoms. The molecule has 132 valence electrons. The van der Waals surface area contributed by atoms with Gasteiger partial charge in [0.25, 0.3) is 5.91 Å². The second-order valence-corrected chi connectivity index (χ2v) is 5.55. The van der Waals surface area contributed by atoms with E-state index in [-0.39, 0.29) is 11.9 Å². The minimum atomic E-state index is -0.196. The molecule has 8 nitrogen and oxygen atoms in total. The molecule has 1 aliphatic carbocycles. The van der Waals surface area contributed by atoms with E-state index in [0.29, 0.717) is 34.6 Å². The first-order valence-corrected chi connectivity index (χ1v) is 7.85. The van der Waals surface area contributed by atoms with Crippen molar-refractivity contribution in [3.05, 3.63) is 30.1 Å². The van der Waals surface area contributed by atoms with Crippen molar-refractivity contribution in [2.75, 3.05) is 26.6 Å². The molecule has 2 aromatic rings. The first kappa shape index (κ1) is 16.8. The SMILES string of the molecule is COc1cc(Nc2nccc(C(=O)NC3CC3)n2)cc(OC)c1OC. The Labute approximate surface area is 145 Å². The molecule has 2 N–H and O–H groups in total. The van der Waals surface area contributed by atoms with E-state index in [1.165, 1.54) is 6.20 Å². The Hall–Kier alpha value is -3.03. The van der Waals surface area contributed by atoms with Crippen molar-refractivity contribution in [3.63, 3.8) is 0 Å². The third kappa shape index (κ3) is 3.90. The lowest BCUT2D eigenvalue weighted by atomic mass is 10.2. The molecule has 0 atom stereocenters. The van der Waals surface area contributed by atoms with Gasteiger partial charge in [-0.05, 0) is 18.9 Å². The van der Waals surface area contributed by atoms with E-state index >= 15 is 0 Å². The van der Waals surface area contributed by atoms with Crippen LogP contribution in [0.2, 0.25) is 0 Å². The summed E-state index contributed by atoms with van der Waals surface area (Å²) in [6.07, 6.45) is 3.58. The maximum atomic E-state index is 12.1. The molecule has 0 unspecified atom stereocenters. The topological polar surface area (TPSA) is 94.6 Å². The Morgan fingerprint density at radius 3 is 2.36 bits per heavy atom. The van der Waals surface area contributed by atoms with E-state index in [4.69, 9.17) is 14.2 Å². The predicted molar refractivity (Wildman–Crippen MR) is 91.9 cm³/mol. The van der Waals surface area contributed by atoms with Crippen LogP contribution in [0.1, 0.15) is 23.3 Å². The number of nitrogens with zero attached hydrogens (tertiary/aromatic N) is 2. The number of aromatic nitrogens is 2. The fourth-order valence-corrected chi connectivity index (χ4v) is 2.31. The summed E-state index contributed by atoms with van der Waals surface area (Å²) in [7, 11) is 4.62. The highest BCUT2D eigenvalue weighted by Crippen LogP contribution is 2.40. The maximum absolute atomic E-state index is 12.1. The summed E-state index contributed by atoms with van der Waals surface area (Å²) in [4.78, 5) is 20.5. The van der Waals surface area contributed by atoms with Crippen molar-refractivity contribution < 1.29 is 19.0 Å². The van der Waals surface area contributed by atoms with Gasteiger partial charge in [-0.3, -0.25) is 4.79 Å². The fourth-order valence-electron chi connectivity index (χ4n) is 2.31. The van der Waals surface area contributed by atoms with Crippen LogP contribution in [0, 0.1) is 0 Å². The summed E-state index contributed by atoms with van der Waals surface area (Å²) >= 11 is 0. The van der Waals surface area contributed by atoms with Crippen LogP contribution in [0.5, 0.6) is 17.2 Å². The van der Waals surface area contributed by atoms with E-state index < -0.39 is 0 Å². The lowest BCUT2D eigenvalue weighted by Crippen LogP contribution is -2.26. The smallest absolute Gasteiger partial charge is 0.270 e. The van der Waals surface area contributed by atoms with E-state index in [1.54, 1.807) is 39.5 Å². The third-order valence-electron chi connectivity index (χ3n) is 3.72. The van der Waals surface area contributed by atoms with Gasteiger partial charge >= 0.3 is 0 Å². The van der Waals surface area contributed by atoms with E-state index in [0.717, 1.165) is 12.8 Å². The zero-order valence-electron chi connectivity index (χ0n) is 14.3. The van der Waals surface area contributed by atoms with E-state index in [2.05, 4.69) is 20.6 Å². The largest absolute Gasteiger partial charge is 0.493 e. The summed E-state index contributed by atoms with van der Waals surface area (Å²) in [5, 5.41) is 5.95. The molecule has 0 saturated heterocycles. The average Bonchev–Trinajstić information content (AvgIpc) is 3.45. The van der Waals surface area contributed by atoms with Gasteiger partial charge in [0, 0.05) is 30.1 Å². The molecule has 1 heterocycles. The summed E-state index contributed by atoms with van der Waals surface area (Å²) in [6, 6.07) is 5.33. The Balaban J connectivity index is 1.83. The van der Waals surface area contributed by atoms with Crippen LogP contribution < -0.4 is 24.8 Å². The number of ether oxygens (including phenoxy) is 3. The highest BCUT2D eigenvalue weighted by Gasteiger charge is 2.24. The van der Waals surface area contributed by atoms with Gasteiger partial charge in [-0.1, -0.05) is 0 Å². The number of anilines is 2. The second-order valence-electron chi connectivity index (χ2n) is 5.55. The zero-order chi connectivity index (χ0) is 17.8. The number of hydrogen-bond acceptors (Lipinski definition) is 7. The minimum absolute atomic E-state index is 0.196. The van der Waals surface area contributed by atoms with Crippen LogP contribution >= 0.6 is 0 Å². The van der Waals surface area contributed by atoms with Crippen molar-refractivity contribution in [1.29, 1.82) is 0 Å². The number of amides is 1. The molecule has 0 aliphatic heterocycles. The van der Waals surface area contributed by atoms with Crippen LogP contribution in [0.3, 0.4) is 0 Å². The summed E-state index contributed by atoms with van der Waals surface area (Å²) in [6.45, 7) is 0. The lowest BCUT2D eigenvalue weighted by Gasteiger charge is -2.14. The van der Waals surface area contributed by atoms with Gasteiger partial charge in [0.05, 0.1) is 21.3 Å². The zero-order valence-corrected chi connectivity index (χ0v) is 14.3. The van der Waals surface area contributed by atoms with Crippen LogP contribution in [-0.2, 0) is 0 Å². The average molecular weight is 344 g/mol. The molecule has 1 aromatic carbocycles. The number of carbonyl (C=O) groups is 1. The van der Waals surface area contributed by atoms with Gasteiger partial charge in [0.1, 0.15) is 5.69 Å². The van der Waals surface area contributed by atoms with Crippen molar-refractivity contribution in [2.45, 2.75) is 18.9 Å². The third-order valence-corrected chi connectivity index (χ3v) is 3.72. The van der Waals surface area contributed by atoms with Crippen LogP contribution in [0.25, 0.3) is 0 Å². The van der Waals surface area contributed by atoms with Crippen LogP contribution in [0.15, 0.2) is 24.4 Å². The Kier molecular flexibility index (Phi) is 4.87. The van der Waals surface area contributed by atoms with Gasteiger partial charge in [0.2, 0.25) is 11.7 Å². The number of nitrogens with one attached hydrogen (secondary N) is 2. The standard InChI is InChI=1S/C17H20N4O4/c1-23-13-8-11(9-14(24-2)15(13)25-3)20-17-18-7-6-12(21-17)16(22)19-10-4-5-10/h6-10H,4-5H2,1-3H3,(H,19,22)(H,18,20,21). The number of rotatable bonds is 7. The normalized spacial score (nSPS) is 13.1. The van der Waals surface area contributed by atoms with Crippen molar-refractivity contribution in [2.24, 2.45) is 0 Å². The van der Waals surface area contributed by atoms with E-state index in [9.17, 15) is 4.79 Å². The Morgan fingerprint density at radius 1 is 1.12 bits per heavy atom. The second kappa shape index (κ2) is 7.25. The van der Waals surface area contributed by atoms with Crippen molar-refractivity contribution >= 4 is 17.5 Å². The van der Waals surface area contributed by atoms with Crippen LogP contribution in [-0.4, -0.2) is 43.2 Å². The summed E-state index contributed by atoms with van der Waals surface area (Å²) < 4.78 is 15.9. The van der Waals surface area contributed by atoms with Gasteiger partial charge < -0.3 is 24.8 Å². The number of carbonyl (C=O) groups excluding carboxylic acids is 1. The number of methoxy groups -OCH3 is 3. The predicted octanol–water partition coefficient (Wildman–Crippen LogP) is 2.14. The monoisotopic (exact) mass is 344 g/mol. The molecular formula is C17H20N4O4. The van der Waals surface area contributed by atoms with Crippen molar-refractivity contribution in [1.82, 2.24) is 15.3 Å². The fraction of sp³-hybridized carbons (Fsp3) is 0.353. The first-order chi connectivity index (χ1) is 12.1. The minimum Gasteiger partial charge on any atom is -0.493 e. The molecule has 1 aliphatic rings. The van der Waals surface area contributed by atoms with Gasteiger partial charge in [-0.15, -0.1) is 0 Å². The molecular weight excluding hydrogens is 324 g/mol. The molecule has 0 radical (unpaired) electrons. The molecule has 1 amide bonds.